The van der Waals surface area contributed by atoms with Crippen LogP contribution in [0.1, 0.15) is 11.1 Å². The van der Waals surface area contributed by atoms with Crippen LogP contribution >= 0.6 is 0 Å². The summed E-state index contributed by atoms with van der Waals surface area (Å²) in [6.45, 7) is 0. The number of ether oxygens (including phenoxy) is 1. The Balaban J connectivity index is 1.46. The smallest absolute Gasteiger partial charge is 0.238 e. The molecule has 4 nitrogen and oxygen atoms in total. The second-order valence-corrected chi connectivity index (χ2v) is 8.76. The van der Waals surface area contributed by atoms with Crippen LogP contribution in [0.3, 0.4) is 0 Å². The number of hydrogen-bond acceptors (Lipinski definition) is 3. The van der Waals surface area contributed by atoms with Crippen LogP contribution in [0.2, 0.25) is 0 Å². The number of anilines is 1. The number of amides is 2. The summed E-state index contributed by atoms with van der Waals surface area (Å²) in [4.78, 5) is 28.6. The van der Waals surface area contributed by atoms with Gasteiger partial charge in [0.05, 0.1) is 24.6 Å². The highest BCUT2D eigenvalue weighted by molar-refractivity contribution is 6.23. The largest absolute Gasteiger partial charge is 0.497 e. The fourth-order valence-corrected chi connectivity index (χ4v) is 5.79. The van der Waals surface area contributed by atoms with E-state index in [2.05, 4.69) is 36.4 Å². The number of nitrogens with zero attached hydrogens (tertiary/aromatic N) is 1. The van der Waals surface area contributed by atoms with Crippen molar-refractivity contribution in [2.24, 2.45) is 23.7 Å². The Morgan fingerprint density at radius 3 is 1.64 bits per heavy atom. The molecule has 162 valence electrons. The molecule has 0 unspecified atom stereocenters. The molecule has 33 heavy (non-hydrogen) atoms. The Morgan fingerprint density at radius 1 is 0.697 bits per heavy atom. The number of methoxy groups -OCH3 is 1. The van der Waals surface area contributed by atoms with E-state index in [0.717, 1.165) is 16.7 Å². The van der Waals surface area contributed by atoms with Gasteiger partial charge in [0, 0.05) is 11.8 Å². The molecule has 4 heteroatoms. The van der Waals surface area contributed by atoms with E-state index in [4.69, 9.17) is 4.74 Å². The van der Waals surface area contributed by atoms with E-state index >= 15 is 0 Å². The Morgan fingerprint density at radius 2 is 1.18 bits per heavy atom. The molecule has 2 bridgehead atoms. The average Bonchev–Trinajstić information content (AvgIpc) is 3.50. The van der Waals surface area contributed by atoms with Gasteiger partial charge in [-0.05, 0) is 46.5 Å². The van der Waals surface area contributed by atoms with Crippen LogP contribution in [0.4, 0.5) is 5.69 Å². The van der Waals surface area contributed by atoms with Gasteiger partial charge in [0.15, 0.2) is 0 Å². The number of carbonyl (C=O) groups excluding carboxylic acids is 2. The minimum absolute atomic E-state index is 0.0740. The van der Waals surface area contributed by atoms with Gasteiger partial charge in [-0.15, -0.1) is 0 Å². The van der Waals surface area contributed by atoms with E-state index in [-0.39, 0.29) is 35.5 Å². The zero-order valence-electron chi connectivity index (χ0n) is 18.2. The number of hydrogen-bond donors (Lipinski definition) is 0. The van der Waals surface area contributed by atoms with Crippen molar-refractivity contribution in [1.29, 1.82) is 0 Å². The third-order valence-electron chi connectivity index (χ3n) is 7.16. The number of benzene rings is 3. The lowest BCUT2D eigenvalue weighted by Gasteiger charge is -2.21. The Labute approximate surface area is 192 Å². The first-order valence-corrected chi connectivity index (χ1v) is 11.2. The molecule has 6 rings (SSSR count). The second kappa shape index (κ2) is 7.59. The maximum Gasteiger partial charge on any atom is 0.238 e. The molecule has 3 aromatic rings. The number of carbonyl (C=O) groups is 2. The molecule has 0 spiro atoms. The normalized spacial score (nSPS) is 25.0. The van der Waals surface area contributed by atoms with Crippen LogP contribution in [0.15, 0.2) is 103 Å². The molecule has 1 saturated carbocycles. The van der Waals surface area contributed by atoms with Crippen LogP contribution < -0.4 is 9.64 Å². The zero-order chi connectivity index (χ0) is 22.5. The molecular formula is C29H23NO3. The number of allylic oxidation sites excluding steroid dienone is 3. The highest BCUT2D eigenvalue weighted by atomic mass is 16.5. The SMILES string of the molecule is COc1ccc(N2C(=O)[C@@H]3[C@H](C2=O)[C@H]2C=C[C@H]3C2=C(c2ccccc2)c2ccccc2)cc1. The molecule has 3 aromatic carbocycles. The summed E-state index contributed by atoms with van der Waals surface area (Å²) in [6, 6.07) is 27.7. The van der Waals surface area contributed by atoms with Crippen LogP contribution in [-0.2, 0) is 9.59 Å². The van der Waals surface area contributed by atoms with E-state index in [1.807, 2.05) is 36.4 Å². The van der Waals surface area contributed by atoms with Gasteiger partial charge in [-0.2, -0.15) is 0 Å². The molecule has 2 fully saturated rings. The van der Waals surface area contributed by atoms with Gasteiger partial charge in [0.1, 0.15) is 5.75 Å². The van der Waals surface area contributed by atoms with E-state index in [9.17, 15) is 9.59 Å². The maximum absolute atomic E-state index is 13.6. The van der Waals surface area contributed by atoms with Gasteiger partial charge in [0.25, 0.3) is 0 Å². The third kappa shape index (κ3) is 2.91. The van der Waals surface area contributed by atoms with E-state index < -0.39 is 0 Å². The Hall–Kier alpha value is -3.92. The first kappa shape index (κ1) is 19.7. The second-order valence-electron chi connectivity index (χ2n) is 8.76. The molecule has 0 N–H and O–H groups in total. The molecule has 2 amide bonds. The summed E-state index contributed by atoms with van der Waals surface area (Å²) >= 11 is 0. The van der Waals surface area contributed by atoms with Crippen molar-refractivity contribution < 1.29 is 14.3 Å². The fraction of sp³-hybridized carbons (Fsp3) is 0.172. The standard InChI is InChI=1S/C29H23NO3/c1-33-21-14-12-20(13-15-21)30-28(31)26-22-16-17-23(27(26)29(30)32)25(22)24(18-8-4-2-5-9-18)19-10-6-3-7-11-19/h2-17,22-23,26-27H,1H3/t22-,23-,26-,27+/m0/s1. The summed E-state index contributed by atoms with van der Waals surface area (Å²) < 4.78 is 5.22. The molecular weight excluding hydrogens is 410 g/mol. The lowest BCUT2D eigenvalue weighted by atomic mass is 9.85. The van der Waals surface area contributed by atoms with Crippen molar-refractivity contribution in [1.82, 2.24) is 0 Å². The molecule has 1 aliphatic heterocycles. The van der Waals surface area contributed by atoms with Crippen LogP contribution in [0, 0.1) is 23.7 Å². The first-order chi connectivity index (χ1) is 16.2. The summed E-state index contributed by atoms with van der Waals surface area (Å²) in [5.41, 5.74) is 5.17. The summed E-state index contributed by atoms with van der Waals surface area (Å²) in [6.07, 6.45) is 4.27. The average molecular weight is 434 g/mol. The number of fused-ring (bicyclic) bond motifs is 5. The fourth-order valence-electron chi connectivity index (χ4n) is 5.79. The minimum atomic E-state index is -0.355. The predicted molar refractivity (Wildman–Crippen MR) is 127 cm³/mol. The van der Waals surface area contributed by atoms with Crippen LogP contribution in [-0.4, -0.2) is 18.9 Å². The quantitative estimate of drug-likeness (QED) is 0.424. The minimum Gasteiger partial charge on any atom is -0.497 e. The van der Waals surface area contributed by atoms with Crippen molar-refractivity contribution in [2.45, 2.75) is 0 Å². The molecule has 2 aliphatic carbocycles. The van der Waals surface area contributed by atoms with Gasteiger partial charge in [0.2, 0.25) is 11.8 Å². The molecule has 1 heterocycles. The van der Waals surface area contributed by atoms with Crippen molar-refractivity contribution in [3.05, 3.63) is 114 Å². The summed E-state index contributed by atoms with van der Waals surface area (Å²) in [7, 11) is 1.60. The molecule has 4 atom stereocenters. The lowest BCUT2D eigenvalue weighted by molar-refractivity contribution is -0.122. The van der Waals surface area contributed by atoms with E-state index in [0.29, 0.717) is 11.4 Å². The molecule has 0 radical (unpaired) electrons. The van der Waals surface area contributed by atoms with Gasteiger partial charge in [-0.25, -0.2) is 4.90 Å². The number of imide groups is 1. The maximum atomic E-state index is 13.6. The summed E-state index contributed by atoms with van der Waals surface area (Å²) in [5.74, 6) is -0.375. The van der Waals surface area contributed by atoms with Gasteiger partial charge in [-0.1, -0.05) is 72.8 Å². The highest BCUT2D eigenvalue weighted by Crippen LogP contribution is 2.58. The van der Waals surface area contributed by atoms with Crippen molar-refractivity contribution >= 4 is 23.1 Å². The van der Waals surface area contributed by atoms with Crippen molar-refractivity contribution in [2.75, 3.05) is 12.0 Å². The Bertz CT molecular complexity index is 1220. The Kier molecular flexibility index (Phi) is 4.54. The van der Waals surface area contributed by atoms with Crippen LogP contribution in [0.25, 0.3) is 5.57 Å². The summed E-state index contributed by atoms with van der Waals surface area (Å²) in [5, 5.41) is 0. The monoisotopic (exact) mass is 433 g/mol. The van der Waals surface area contributed by atoms with Crippen LogP contribution in [0.5, 0.6) is 5.75 Å². The molecule has 3 aliphatic rings. The lowest BCUT2D eigenvalue weighted by Crippen LogP contribution is -2.33. The van der Waals surface area contributed by atoms with E-state index in [1.54, 1.807) is 31.4 Å². The van der Waals surface area contributed by atoms with Gasteiger partial charge >= 0.3 is 0 Å². The van der Waals surface area contributed by atoms with Gasteiger partial charge in [-0.3, -0.25) is 9.59 Å². The highest BCUT2D eigenvalue weighted by Gasteiger charge is 2.62. The zero-order valence-corrected chi connectivity index (χ0v) is 18.2. The predicted octanol–water partition coefficient (Wildman–Crippen LogP) is 5.12. The molecule has 1 saturated heterocycles. The van der Waals surface area contributed by atoms with Crippen molar-refractivity contribution in [3.63, 3.8) is 0 Å². The third-order valence-corrected chi connectivity index (χ3v) is 7.16. The first-order valence-electron chi connectivity index (χ1n) is 11.2. The number of rotatable bonds is 4. The molecule has 0 aromatic heterocycles. The topological polar surface area (TPSA) is 46.6 Å². The van der Waals surface area contributed by atoms with E-state index in [1.165, 1.54) is 10.5 Å². The van der Waals surface area contributed by atoms with Gasteiger partial charge < -0.3 is 4.74 Å². The van der Waals surface area contributed by atoms with Crippen molar-refractivity contribution in [3.8, 4) is 5.75 Å².